The van der Waals surface area contributed by atoms with Crippen LogP contribution in [-0.2, 0) is 18.3 Å². The molecule has 0 saturated carbocycles. The summed E-state index contributed by atoms with van der Waals surface area (Å²) in [4.78, 5) is 14.2. The van der Waals surface area contributed by atoms with E-state index in [2.05, 4.69) is 24.3 Å². The third kappa shape index (κ3) is 3.39. The number of carbonyl (C=O) groups excluding carboxylic acids is 1. The molecule has 2 heterocycles. The summed E-state index contributed by atoms with van der Waals surface area (Å²) in [6.07, 6.45) is 1.57. The topological polar surface area (TPSA) is 50.2 Å². The van der Waals surface area contributed by atoms with Crippen LogP contribution in [0.5, 0.6) is 0 Å². The van der Waals surface area contributed by atoms with Crippen molar-refractivity contribution in [1.82, 2.24) is 20.0 Å². The van der Waals surface area contributed by atoms with E-state index in [9.17, 15) is 4.79 Å². The molecule has 0 bridgehead atoms. The Balaban J connectivity index is 1.91. The molecule has 5 nitrogen and oxygen atoms in total. The van der Waals surface area contributed by atoms with Gasteiger partial charge in [-0.1, -0.05) is 6.92 Å². The Kier molecular flexibility index (Phi) is 4.81. The molecule has 20 heavy (non-hydrogen) atoms. The normalized spacial score (nSPS) is 17.3. The van der Waals surface area contributed by atoms with Gasteiger partial charge in [0.2, 0.25) is 5.91 Å². The minimum Gasteiger partial charge on any atom is -0.340 e. The number of rotatable bonds is 4. The Morgan fingerprint density at radius 2 is 2.00 bits per heavy atom. The minimum atomic E-state index is 0.290. The van der Waals surface area contributed by atoms with E-state index in [4.69, 9.17) is 0 Å². The lowest BCUT2D eigenvalue weighted by Gasteiger charge is -2.28. The number of hydrogen-bond acceptors (Lipinski definition) is 3. The molecule has 0 radical (unpaired) electrons. The highest BCUT2D eigenvalue weighted by molar-refractivity contribution is 5.76. The van der Waals surface area contributed by atoms with Crippen LogP contribution in [0, 0.1) is 19.8 Å². The van der Waals surface area contributed by atoms with Crippen molar-refractivity contribution in [2.24, 2.45) is 13.0 Å². The van der Waals surface area contributed by atoms with Gasteiger partial charge in [0, 0.05) is 45.3 Å². The fourth-order valence-electron chi connectivity index (χ4n) is 2.87. The number of hydrogen-bond donors (Lipinski definition) is 1. The van der Waals surface area contributed by atoms with Crippen molar-refractivity contribution in [1.29, 1.82) is 0 Å². The molecule has 1 unspecified atom stereocenters. The maximum Gasteiger partial charge on any atom is 0.222 e. The third-order valence-corrected chi connectivity index (χ3v) is 4.20. The van der Waals surface area contributed by atoms with Crippen molar-refractivity contribution in [3.8, 4) is 0 Å². The van der Waals surface area contributed by atoms with Gasteiger partial charge in [0.05, 0.1) is 5.69 Å². The van der Waals surface area contributed by atoms with Crippen molar-refractivity contribution < 1.29 is 4.79 Å². The first-order valence-corrected chi connectivity index (χ1v) is 7.46. The largest absolute Gasteiger partial charge is 0.340 e. The zero-order valence-corrected chi connectivity index (χ0v) is 13.1. The maximum absolute atomic E-state index is 12.3. The van der Waals surface area contributed by atoms with Crippen molar-refractivity contribution in [2.75, 3.05) is 26.2 Å². The fraction of sp³-hybridized carbons (Fsp3) is 0.733. The van der Waals surface area contributed by atoms with Crippen LogP contribution in [0.1, 0.15) is 30.3 Å². The molecule has 0 spiro atoms. The Hall–Kier alpha value is -1.36. The Labute approximate surface area is 121 Å². The van der Waals surface area contributed by atoms with Gasteiger partial charge in [0.1, 0.15) is 0 Å². The molecule has 0 aromatic carbocycles. The molecule has 1 aliphatic heterocycles. The maximum atomic E-state index is 12.3. The first kappa shape index (κ1) is 15.0. The van der Waals surface area contributed by atoms with E-state index in [1.165, 1.54) is 11.3 Å². The minimum absolute atomic E-state index is 0.290. The smallest absolute Gasteiger partial charge is 0.222 e. The number of piperazine rings is 1. The molecular weight excluding hydrogens is 252 g/mol. The van der Waals surface area contributed by atoms with E-state index in [0.29, 0.717) is 12.3 Å². The average Bonchev–Trinajstić information content (AvgIpc) is 2.66. The number of amides is 1. The molecule has 5 heteroatoms. The van der Waals surface area contributed by atoms with E-state index in [1.807, 2.05) is 23.6 Å². The van der Waals surface area contributed by atoms with Crippen molar-refractivity contribution in [2.45, 2.75) is 33.6 Å². The summed E-state index contributed by atoms with van der Waals surface area (Å²) < 4.78 is 1.93. The van der Waals surface area contributed by atoms with Crippen molar-refractivity contribution in [3.63, 3.8) is 0 Å². The van der Waals surface area contributed by atoms with Crippen LogP contribution in [0.2, 0.25) is 0 Å². The monoisotopic (exact) mass is 278 g/mol. The van der Waals surface area contributed by atoms with E-state index in [0.717, 1.165) is 38.3 Å². The summed E-state index contributed by atoms with van der Waals surface area (Å²) in [7, 11) is 1.97. The number of aryl methyl sites for hydroxylation is 2. The molecular formula is C15H26N4O. The summed E-state index contributed by atoms with van der Waals surface area (Å²) in [6.45, 7) is 9.83. The number of aromatic nitrogens is 2. The molecule has 1 aromatic rings. The summed E-state index contributed by atoms with van der Waals surface area (Å²) in [5.41, 5.74) is 3.60. The van der Waals surface area contributed by atoms with Gasteiger partial charge in [-0.15, -0.1) is 0 Å². The highest BCUT2D eigenvalue weighted by atomic mass is 16.2. The summed E-state index contributed by atoms with van der Waals surface area (Å²) in [5, 5.41) is 7.72. The van der Waals surface area contributed by atoms with Crippen LogP contribution in [0.4, 0.5) is 0 Å². The van der Waals surface area contributed by atoms with Gasteiger partial charge >= 0.3 is 0 Å². The van der Waals surface area contributed by atoms with Crippen molar-refractivity contribution in [3.05, 3.63) is 17.0 Å². The highest BCUT2D eigenvalue weighted by Gasteiger charge is 2.20. The zero-order chi connectivity index (χ0) is 14.7. The van der Waals surface area contributed by atoms with Crippen LogP contribution < -0.4 is 5.32 Å². The van der Waals surface area contributed by atoms with Crippen LogP contribution in [0.15, 0.2) is 0 Å². The first-order valence-electron chi connectivity index (χ1n) is 7.46. The van der Waals surface area contributed by atoms with Crippen LogP contribution in [0.3, 0.4) is 0 Å². The second kappa shape index (κ2) is 6.39. The third-order valence-electron chi connectivity index (χ3n) is 4.20. The first-order chi connectivity index (χ1) is 9.49. The van der Waals surface area contributed by atoms with Gasteiger partial charge in [-0.2, -0.15) is 5.10 Å². The second-order valence-corrected chi connectivity index (χ2v) is 5.92. The van der Waals surface area contributed by atoms with Gasteiger partial charge in [0.25, 0.3) is 0 Å². The lowest BCUT2D eigenvalue weighted by atomic mass is 9.96. The number of nitrogens with zero attached hydrogens (tertiary/aromatic N) is 3. The van der Waals surface area contributed by atoms with E-state index < -0.39 is 0 Å². The van der Waals surface area contributed by atoms with E-state index in [1.54, 1.807) is 0 Å². The van der Waals surface area contributed by atoms with Gasteiger partial charge in [-0.05, 0) is 31.7 Å². The molecule has 1 atom stereocenters. The fourth-order valence-corrected chi connectivity index (χ4v) is 2.87. The van der Waals surface area contributed by atoms with E-state index in [-0.39, 0.29) is 5.91 Å². The lowest BCUT2D eigenvalue weighted by Crippen LogP contribution is -2.46. The van der Waals surface area contributed by atoms with Crippen LogP contribution in [0.25, 0.3) is 0 Å². The Bertz CT molecular complexity index is 474. The van der Waals surface area contributed by atoms with Crippen LogP contribution >= 0.6 is 0 Å². The number of nitrogens with one attached hydrogen (secondary N) is 1. The quantitative estimate of drug-likeness (QED) is 0.895. The molecule has 1 saturated heterocycles. The summed E-state index contributed by atoms with van der Waals surface area (Å²) in [6, 6.07) is 0. The second-order valence-electron chi connectivity index (χ2n) is 5.92. The zero-order valence-electron chi connectivity index (χ0n) is 13.1. The molecule has 1 aliphatic rings. The standard InChI is InChI=1S/C15H26N4O/c1-11(9-14-12(2)17-18(4)13(14)3)10-15(20)19-7-5-16-6-8-19/h11,16H,5-10H2,1-4H3. The predicted molar refractivity (Wildman–Crippen MR) is 79.6 cm³/mol. The molecule has 112 valence electrons. The molecule has 2 rings (SSSR count). The molecule has 1 N–H and O–H groups in total. The highest BCUT2D eigenvalue weighted by Crippen LogP contribution is 2.19. The van der Waals surface area contributed by atoms with Gasteiger partial charge in [-0.25, -0.2) is 0 Å². The Morgan fingerprint density at radius 1 is 1.35 bits per heavy atom. The summed E-state index contributed by atoms with van der Waals surface area (Å²) >= 11 is 0. The van der Waals surface area contributed by atoms with Gasteiger partial charge in [-0.3, -0.25) is 9.48 Å². The molecule has 0 aliphatic carbocycles. The predicted octanol–water partition coefficient (Wildman–Crippen LogP) is 1.04. The SMILES string of the molecule is Cc1nn(C)c(C)c1CC(C)CC(=O)N1CCNCC1. The van der Waals surface area contributed by atoms with Gasteiger partial charge in [0.15, 0.2) is 0 Å². The Morgan fingerprint density at radius 3 is 2.55 bits per heavy atom. The van der Waals surface area contributed by atoms with E-state index >= 15 is 0 Å². The molecule has 1 fully saturated rings. The molecule has 1 aromatic heterocycles. The number of carbonyl (C=O) groups is 1. The van der Waals surface area contributed by atoms with Crippen LogP contribution in [-0.4, -0.2) is 46.8 Å². The average molecular weight is 278 g/mol. The summed E-state index contributed by atoms with van der Waals surface area (Å²) in [5.74, 6) is 0.650. The van der Waals surface area contributed by atoms with Gasteiger partial charge < -0.3 is 10.2 Å². The molecule has 1 amide bonds. The lowest BCUT2D eigenvalue weighted by molar-refractivity contribution is -0.132. The van der Waals surface area contributed by atoms with Crippen molar-refractivity contribution >= 4 is 5.91 Å².